The quantitative estimate of drug-likeness (QED) is 0.286. The van der Waals surface area contributed by atoms with Crippen molar-refractivity contribution in [3.8, 4) is 17.6 Å². The van der Waals surface area contributed by atoms with Crippen LogP contribution in [-0.4, -0.2) is 35.3 Å². The third-order valence-corrected chi connectivity index (χ3v) is 9.18. The van der Waals surface area contributed by atoms with Gasteiger partial charge in [0.05, 0.1) is 16.5 Å². The molecule has 3 N–H and O–H groups in total. The van der Waals surface area contributed by atoms with Gasteiger partial charge in [0.15, 0.2) is 9.84 Å². The molecule has 0 aliphatic heterocycles. The van der Waals surface area contributed by atoms with Gasteiger partial charge in [-0.3, -0.25) is 4.79 Å². The standard InChI is InChI=1S/C27H25NO5S2/c1-18-4-6-19(7-5-18)8-10-23-11-13-26(34-23)35(32,33)14-2-3-20(27(30)31)15-21-17-28-25-12-9-22(29)16-24(21)25/h4-7,9,11-13,16-17,20,28-29H,2-3,14-15H2,1H3,(H,30,31). The first-order chi connectivity index (χ1) is 16.7. The number of carboxylic acids is 1. The van der Waals surface area contributed by atoms with Crippen molar-refractivity contribution in [2.45, 2.75) is 30.4 Å². The van der Waals surface area contributed by atoms with E-state index in [-0.39, 0.29) is 35.0 Å². The number of rotatable bonds is 8. The number of aromatic amines is 1. The Bertz CT molecular complexity index is 1520. The largest absolute Gasteiger partial charge is 0.508 e. The van der Waals surface area contributed by atoms with Crippen LogP contribution >= 0.6 is 11.3 Å². The van der Waals surface area contributed by atoms with Crippen LogP contribution in [0.3, 0.4) is 0 Å². The highest BCUT2D eigenvalue weighted by atomic mass is 32.2. The van der Waals surface area contributed by atoms with E-state index in [1.807, 2.05) is 31.2 Å². The van der Waals surface area contributed by atoms with Crippen LogP contribution in [0.25, 0.3) is 10.9 Å². The average molecular weight is 508 g/mol. The van der Waals surface area contributed by atoms with Crippen molar-refractivity contribution in [3.05, 3.63) is 82.4 Å². The zero-order chi connectivity index (χ0) is 25.0. The Balaban J connectivity index is 1.38. The highest BCUT2D eigenvalue weighted by molar-refractivity contribution is 7.93. The summed E-state index contributed by atoms with van der Waals surface area (Å²) >= 11 is 1.13. The number of aromatic nitrogens is 1. The van der Waals surface area contributed by atoms with Gasteiger partial charge in [-0.05, 0) is 74.2 Å². The zero-order valence-corrected chi connectivity index (χ0v) is 20.7. The number of phenols is 1. The fourth-order valence-electron chi connectivity index (χ4n) is 3.86. The summed E-state index contributed by atoms with van der Waals surface area (Å²) in [7, 11) is -3.53. The van der Waals surface area contributed by atoms with Crippen LogP contribution < -0.4 is 0 Å². The Morgan fingerprint density at radius 2 is 1.86 bits per heavy atom. The van der Waals surface area contributed by atoms with Gasteiger partial charge in [0.25, 0.3) is 0 Å². The Labute approximate surface area is 208 Å². The molecule has 0 fully saturated rings. The molecular formula is C27H25NO5S2. The molecule has 0 bridgehead atoms. The fraction of sp³-hybridized carbons (Fsp3) is 0.222. The number of benzene rings is 2. The van der Waals surface area contributed by atoms with E-state index in [1.54, 1.807) is 36.5 Å². The van der Waals surface area contributed by atoms with E-state index in [9.17, 15) is 23.4 Å². The number of hydrogen-bond donors (Lipinski definition) is 3. The van der Waals surface area contributed by atoms with Gasteiger partial charge in [-0.15, -0.1) is 11.3 Å². The summed E-state index contributed by atoms with van der Waals surface area (Å²) in [5.74, 6) is 4.33. The smallest absolute Gasteiger partial charge is 0.306 e. The number of aliphatic carboxylic acids is 1. The average Bonchev–Trinajstić information content (AvgIpc) is 3.45. The van der Waals surface area contributed by atoms with Gasteiger partial charge in [-0.2, -0.15) is 0 Å². The number of fused-ring (bicyclic) bond motifs is 1. The molecule has 180 valence electrons. The van der Waals surface area contributed by atoms with Gasteiger partial charge < -0.3 is 15.2 Å². The molecule has 2 heterocycles. The number of aromatic hydroxyl groups is 1. The number of nitrogens with one attached hydrogen (secondary N) is 1. The predicted octanol–water partition coefficient (Wildman–Crippen LogP) is 5.14. The number of carbonyl (C=O) groups is 1. The number of aryl methyl sites for hydroxylation is 1. The van der Waals surface area contributed by atoms with E-state index < -0.39 is 21.7 Å². The van der Waals surface area contributed by atoms with E-state index in [2.05, 4.69) is 16.8 Å². The molecule has 0 amide bonds. The van der Waals surface area contributed by atoms with Crippen LogP contribution in [0.1, 0.15) is 34.4 Å². The summed E-state index contributed by atoms with van der Waals surface area (Å²) in [6.07, 6.45) is 2.44. The van der Waals surface area contributed by atoms with Crippen molar-refractivity contribution in [2.24, 2.45) is 5.92 Å². The van der Waals surface area contributed by atoms with Crippen molar-refractivity contribution in [2.75, 3.05) is 5.75 Å². The van der Waals surface area contributed by atoms with Crippen molar-refractivity contribution in [1.82, 2.24) is 4.98 Å². The highest BCUT2D eigenvalue weighted by Crippen LogP contribution is 2.27. The maximum absolute atomic E-state index is 12.8. The number of H-pyrrole nitrogens is 1. The molecular weight excluding hydrogens is 482 g/mol. The molecule has 0 aliphatic rings. The van der Waals surface area contributed by atoms with E-state index in [0.717, 1.165) is 38.9 Å². The second-order valence-electron chi connectivity index (χ2n) is 8.48. The number of thiophene rings is 1. The summed E-state index contributed by atoms with van der Waals surface area (Å²) in [5.41, 5.74) is 3.59. The van der Waals surface area contributed by atoms with Crippen LogP contribution in [-0.2, 0) is 21.1 Å². The van der Waals surface area contributed by atoms with Gasteiger partial charge in [-0.25, -0.2) is 8.42 Å². The van der Waals surface area contributed by atoms with Gasteiger partial charge in [0.2, 0.25) is 0 Å². The molecule has 0 saturated heterocycles. The highest BCUT2D eigenvalue weighted by Gasteiger charge is 2.22. The van der Waals surface area contributed by atoms with Crippen molar-refractivity contribution >= 4 is 38.0 Å². The lowest BCUT2D eigenvalue weighted by atomic mass is 9.95. The topological polar surface area (TPSA) is 107 Å². The van der Waals surface area contributed by atoms with Gasteiger partial charge >= 0.3 is 5.97 Å². The minimum absolute atomic E-state index is 0.107. The van der Waals surface area contributed by atoms with Crippen molar-refractivity contribution < 1.29 is 23.4 Å². The summed E-state index contributed by atoms with van der Waals surface area (Å²) < 4.78 is 25.9. The number of phenolic OH excluding ortho intramolecular Hbond substituents is 1. The van der Waals surface area contributed by atoms with Crippen LogP contribution in [0.2, 0.25) is 0 Å². The first-order valence-electron chi connectivity index (χ1n) is 11.1. The fourth-order valence-corrected chi connectivity index (χ4v) is 6.50. The summed E-state index contributed by atoms with van der Waals surface area (Å²) in [6.45, 7) is 2.00. The molecule has 0 radical (unpaired) electrons. The molecule has 1 atom stereocenters. The number of hydrogen-bond acceptors (Lipinski definition) is 5. The summed E-state index contributed by atoms with van der Waals surface area (Å²) in [4.78, 5) is 15.6. The van der Waals surface area contributed by atoms with Crippen LogP contribution in [0.5, 0.6) is 5.75 Å². The minimum atomic E-state index is -3.53. The lowest BCUT2D eigenvalue weighted by Gasteiger charge is -2.12. The molecule has 2 aromatic heterocycles. The Hall–Kier alpha value is -3.54. The maximum atomic E-state index is 12.8. The van der Waals surface area contributed by atoms with Gasteiger partial charge in [0, 0.05) is 22.7 Å². The predicted molar refractivity (Wildman–Crippen MR) is 138 cm³/mol. The number of sulfone groups is 1. The Morgan fingerprint density at radius 1 is 1.09 bits per heavy atom. The zero-order valence-electron chi connectivity index (χ0n) is 19.1. The monoisotopic (exact) mass is 507 g/mol. The van der Waals surface area contributed by atoms with E-state index in [4.69, 9.17) is 0 Å². The van der Waals surface area contributed by atoms with Gasteiger partial charge in [-0.1, -0.05) is 29.5 Å². The van der Waals surface area contributed by atoms with E-state index in [1.165, 1.54) is 0 Å². The maximum Gasteiger partial charge on any atom is 0.306 e. The second kappa shape index (κ2) is 10.4. The minimum Gasteiger partial charge on any atom is -0.508 e. The molecule has 35 heavy (non-hydrogen) atoms. The Kier molecular flexibility index (Phi) is 7.29. The third-order valence-electron chi connectivity index (χ3n) is 5.80. The normalized spacial score (nSPS) is 12.3. The van der Waals surface area contributed by atoms with E-state index in [0.29, 0.717) is 4.88 Å². The first kappa shape index (κ1) is 24.6. The van der Waals surface area contributed by atoms with Crippen LogP contribution in [0.4, 0.5) is 0 Å². The molecule has 0 spiro atoms. The SMILES string of the molecule is Cc1ccc(C#Cc2ccc(S(=O)(=O)CCCC(Cc3c[nH]c4ccc(O)cc34)C(=O)O)s2)cc1. The molecule has 6 nitrogen and oxygen atoms in total. The Morgan fingerprint density at radius 3 is 2.60 bits per heavy atom. The first-order valence-corrected chi connectivity index (χ1v) is 13.6. The number of carboxylic acid groups (broad SMARTS) is 1. The van der Waals surface area contributed by atoms with Gasteiger partial charge in [0.1, 0.15) is 9.96 Å². The molecule has 0 aliphatic carbocycles. The van der Waals surface area contributed by atoms with Crippen LogP contribution in [0.15, 0.2) is 65.0 Å². The molecule has 4 rings (SSSR count). The third kappa shape index (κ3) is 6.13. The summed E-state index contributed by atoms with van der Waals surface area (Å²) in [5, 5.41) is 20.2. The molecule has 8 heteroatoms. The van der Waals surface area contributed by atoms with Crippen LogP contribution in [0, 0.1) is 24.7 Å². The summed E-state index contributed by atoms with van der Waals surface area (Å²) in [6, 6.07) is 15.9. The lowest BCUT2D eigenvalue weighted by Crippen LogP contribution is -2.18. The molecule has 4 aromatic rings. The molecule has 0 saturated carbocycles. The lowest BCUT2D eigenvalue weighted by molar-refractivity contribution is -0.141. The molecule has 1 unspecified atom stereocenters. The van der Waals surface area contributed by atoms with E-state index >= 15 is 0 Å². The van der Waals surface area contributed by atoms with Crippen molar-refractivity contribution in [1.29, 1.82) is 0 Å². The molecule has 2 aromatic carbocycles. The van der Waals surface area contributed by atoms with Crippen molar-refractivity contribution in [3.63, 3.8) is 0 Å². The second-order valence-corrected chi connectivity index (χ2v) is 11.9.